The van der Waals surface area contributed by atoms with Crippen LogP contribution in [0.2, 0.25) is 0 Å². The quantitative estimate of drug-likeness (QED) is 0.764. The van der Waals surface area contributed by atoms with Crippen molar-refractivity contribution in [1.82, 2.24) is 4.98 Å². The van der Waals surface area contributed by atoms with Crippen LogP contribution in [-0.4, -0.2) is 48.6 Å². The van der Waals surface area contributed by atoms with Crippen molar-refractivity contribution < 1.29 is 31.8 Å². The lowest BCUT2D eigenvalue weighted by atomic mass is 9.90. The molecule has 1 amide bonds. The molecule has 3 N–H and O–H groups in total. The molecular weight excluding hydrogens is 334 g/mol. The SMILES string of the molecule is NC1(C(=O)Nc2ccc(OCC(F)(F)C(F)F)nc2)CCOCC1. The van der Waals surface area contributed by atoms with Gasteiger partial charge in [-0.25, -0.2) is 13.8 Å². The van der Waals surface area contributed by atoms with Gasteiger partial charge in [-0.05, 0) is 18.9 Å². The number of amides is 1. The fourth-order valence-electron chi connectivity index (χ4n) is 1.99. The van der Waals surface area contributed by atoms with Crippen molar-refractivity contribution in [3.63, 3.8) is 0 Å². The van der Waals surface area contributed by atoms with Gasteiger partial charge in [0.1, 0.15) is 5.54 Å². The van der Waals surface area contributed by atoms with Crippen LogP contribution in [0.3, 0.4) is 0 Å². The number of nitrogens with zero attached hydrogens (tertiary/aromatic N) is 1. The van der Waals surface area contributed by atoms with E-state index < -0.39 is 30.4 Å². The van der Waals surface area contributed by atoms with E-state index in [4.69, 9.17) is 10.5 Å². The van der Waals surface area contributed by atoms with Crippen LogP contribution in [0.15, 0.2) is 18.3 Å². The molecule has 1 aliphatic heterocycles. The van der Waals surface area contributed by atoms with Gasteiger partial charge in [0, 0.05) is 19.3 Å². The summed E-state index contributed by atoms with van der Waals surface area (Å²) in [6.07, 6.45) is -1.92. The highest BCUT2D eigenvalue weighted by molar-refractivity contribution is 5.97. The van der Waals surface area contributed by atoms with Crippen LogP contribution in [0.25, 0.3) is 0 Å². The molecule has 0 radical (unpaired) electrons. The van der Waals surface area contributed by atoms with Gasteiger partial charge in [-0.1, -0.05) is 0 Å². The van der Waals surface area contributed by atoms with Gasteiger partial charge in [-0.3, -0.25) is 4.79 Å². The Balaban J connectivity index is 1.91. The Labute approximate surface area is 135 Å². The van der Waals surface area contributed by atoms with E-state index in [0.29, 0.717) is 26.1 Å². The normalized spacial score (nSPS) is 17.6. The maximum atomic E-state index is 12.7. The number of carbonyl (C=O) groups is 1. The smallest absolute Gasteiger partial charge is 0.340 e. The molecule has 2 heterocycles. The van der Waals surface area contributed by atoms with Crippen molar-refractivity contribution in [3.8, 4) is 5.88 Å². The van der Waals surface area contributed by atoms with Crippen molar-refractivity contribution in [2.75, 3.05) is 25.1 Å². The van der Waals surface area contributed by atoms with E-state index in [2.05, 4.69) is 15.0 Å². The Morgan fingerprint density at radius 1 is 1.42 bits per heavy atom. The molecule has 24 heavy (non-hydrogen) atoms. The third-order valence-corrected chi connectivity index (χ3v) is 3.56. The predicted molar refractivity (Wildman–Crippen MR) is 76.3 cm³/mol. The molecule has 0 aliphatic carbocycles. The van der Waals surface area contributed by atoms with Crippen molar-refractivity contribution >= 4 is 11.6 Å². The van der Waals surface area contributed by atoms with Crippen LogP contribution in [0.4, 0.5) is 23.2 Å². The molecule has 0 aromatic carbocycles. The summed E-state index contributed by atoms with van der Waals surface area (Å²) in [5, 5.41) is 2.56. The largest absolute Gasteiger partial charge is 0.471 e. The maximum absolute atomic E-state index is 12.7. The predicted octanol–water partition coefficient (Wildman–Crippen LogP) is 1.81. The molecule has 10 heteroatoms. The molecule has 1 aromatic rings. The molecule has 0 saturated carbocycles. The average molecular weight is 351 g/mol. The van der Waals surface area contributed by atoms with Gasteiger partial charge < -0.3 is 20.5 Å². The Morgan fingerprint density at radius 3 is 2.62 bits per heavy atom. The van der Waals surface area contributed by atoms with E-state index in [9.17, 15) is 22.4 Å². The number of carbonyl (C=O) groups excluding carboxylic acids is 1. The summed E-state index contributed by atoms with van der Waals surface area (Å²) in [7, 11) is 0. The molecule has 0 atom stereocenters. The Kier molecular flexibility index (Phi) is 5.60. The van der Waals surface area contributed by atoms with Gasteiger partial charge in [0.2, 0.25) is 11.8 Å². The zero-order chi connectivity index (χ0) is 17.8. The molecule has 0 spiro atoms. The molecular formula is C14H17F4N3O3. The van der Waals surface area contributed by atoms with E-state index in [1.165, 1.54) is 12.1 Å². The van der Waals surface area contributed by atoms with Crippen molar-refractivity contribution in [2.24, 2.45) is 5.73 Å². The van der Waals surface area contributed by atoms with Crippen LogP contribution in [-0.2, 0) is 9.53 Å². The monoisotopic (exact) mass is 351 g/mol. The van der Waals surface area contributed by atoms with Crippen molar-refractivity contribution in [3.05, 3.63) is 18.3 Å². The first-order valence-electron chi connectivity index (χ1n) is 7.16. The van der Waals surface area contributed by atoms with Crippen LogP contribution < -0.4 is 15.8 Å². The summed E-state index contributed by atoms with van der Waals surface area (Å²) in [6, 6.07) is 2.54. The Hall–Kier alpha value is -1.94. The van der Waals surface area contributed by atoms with Gasteiger partial charge in [0.15, 0.2) is 6.61 Å². The molecule has 134 valence electrons. The van der Waals surface area contributed by atoms with Crippen molar-refractivity contribution in [1.29, 1.82) is 0 Å². The Morgan fingerprint density at radius 2 is 2.08 bits per heavy atom. The minimum absolute atomic E-state index is 0.262. The first-order chi connectivity index (χ1) is 11.2. The number of halogens is 4. The van der Waals surface area contributed by atoms with Gasteiger partial charge in [-0.2, -0.15) is 8.78 Å². The Bertz CT molecular complexity index is 563. The van der Waals surface area contributed by atoms with Crippen LogP contribution in [0, 0.1) is 0 Å². The molecule has 1 aliphatic rings. The van der Waals surface area contributed by atoms with Crippen LogP contribution in [0.5, 0.6) is 5.88 Å². The highest BCUT2D eigenvalue weighted by Crippen LogP contribution is 2.24. The minimum Gasteiger partial charge on any atom is -0.471 e. The number of anilines is 1. The lowest BCUT2D eigenvalue weighted by Crippen LogP contribution is -2.54. The maximum Gasteiger partial charge on any atom is 0.340 e. The number of hydrogen-bond acceptors (Lipinski definition) is 5. The second-order valence-electron chi connectivity index (χ2n) is 5.46. The van der Waals surface area contributed by atoms with E-state index in [1.54, 1.807) is 0 Å². The molecule has 6 nitrogen and oxygen atoms in total. The van der Waals surface area contributed by atoms with Gasteiger partial charge in [-0.15, -0.1) is 0 Å². The third kappa shape index (κ3) is 4.54. The number of rotatable bonds is 6. The summed E-state index contributed by atoms with van der Waals surface area (Å²) in [5.41, 5.74) is 5.25. The van der Waals surface area contributed by atoms with E-state index >= 15 is 0 Å². The van der Waals surface area contributed by atoms with Crippen LogP contribution in [0.1, 0.15) is 12.8 Å². The molecule has 1 aromatic heterocycles. The zero-order valence-electron chi connectivity index (χ0n) is 12.6. The minimum atomic E-state index is -4.26. The second kappa shape index (κ2) is 7.31. The van der Waals surface area contributed by atoms with Gasteiger partial charge >= 0.3 is 12.3 Å². The zero-order valence-corrected chi connectivity index (χ0v) is 12.6. The van der Waals surface area contributed by atoms with Crippen molar-refractivity contribution in [2.45, 2.75) is 30.7 Å². The lowest BCUT2D eigenvalue weighted by Gasteiger charge is -2.31. The summed E-state index contributed by atoms with van der Waals surface area (Å²) in [6.45, 7) is -0.726. The number of alkyl halides is 4. The van der Waals surface area contributed by atoms with Gasteiger partial charge in [0.05, 0.1) is 11.9 Å². The summed E-state index contributed by atoms with van der Waals surface area (Å²) in [4.78, 5) is 15.9. The summed E-state index contributed by atoms with van der Waals surface area (Å²) >= 11 is 0. The van der Waals surface area contributed by atoms with Gasteiger partial charge in [0.25, 0.3) is 0 Å². The van der Waals surface area contributed by atoms with E-state index in [1.807, 2.05) is 0 Å². The number of ether oxygens (including phenoxy) is 2. The third-order valence-electron chi connectivity index (χ3n) is 3.56. The standard InChI is InChI=1S/C14H17F4N3O3/c15-11(16)14(17,18)8-24-10-2-1-9(7-20-10)21-12(22)13(19)3-5-23-6-4-13/h1-2,7,11H,3-6,8,19H2,(H,21,22). The van der Waals surface area contributed by atoms with Crippen LogP contribution >= 0.6 is 0 Å². The lowest BCUT2D eigenvalue weighted by molar-refractivity contribution is -0.148. The highest BCUT2D eigenvalue weighted by Gasteiger charge is 2.42. The fourth-order valence-corrected chi connectivity index (χ4v) is 1.99. The first-order valence-corrected chi connectivity index (χ1v) is 7.16. The molecule has 0 bridgehead atoms. The second-order valence-corrected chi connectivity index (χ2v) is 5.46. The number of pyridine rings is 1. The number of nitrogens with one attached hydrogen (secondary N) is 1. The van der Waals surface area contributed by atoms with E-state index in [0.717, 1.165) is 6.20 Å². The average Bonchev–Trinajstić information content (AvgIpc) is 2.55. The number of hydrogen-bond donors (Lipinski definition) is 2. The highest BCUT2D eigenvalue weighted by atomic mass is 19.3. The molecule has 1 fully saturated rings. The molecule has 0 unspecified atom stereocenters. The fraction of sp³-hybridized carbons (Fsp3) is 0.571. The first kappa shape index (κ1) is 18.4. The molecule has 1 saturated heterocycles. The summed E-state index contributed by atoms with van der Waals surface area (Å²) < 4.78 is 59.2. The topological polar surface area (TPSA) is 86.5 Å². The number of nitrogens with two attached hydrogens (primary N) is 1. The molecule has 2 rings (SSSR count). The van der Waals surface area contributed by atoms with E-state index in [-0.39, 0.29) is 11.6 Å². The number of aromatic nitrogens is 1. The summed E-state index contributed by atoms with van der Waals surface area (Å²) in [5.74, 6) is -4.93.